The minimum Gasteiger partial charge on any atom is -0.361 e. The van der Waals surface area contributed by atoms with E-state index in [4.69, 9.17) is 0 Å². The van der Waals surface area contributed by atoms with Gasteiger partial charge in [-0.1, -0.05) is 40.2 Å². The van der Waals surface area contributed by atoms with Gasteiger partial charge in [0.05, 0.1) is 6.04 Å². The number of rotatable bonds is 2. The third-order valence-corrected chi connectivity index (χ3v) is 5.59. The highest BCUT2D eigenvalue weighted by Gasteiger charge is 2.32. The lowest BCUT2D eigenvalue weighted by Crippen LogP contribution is -2.49. The summed E-state index contributed by atoms with van der Waals surface area (Å²) in [5.41, 5.74) is 4.26. The predicted molar refractivity (Wildman–Crippen MR) is 106 cm³/mol. The zero-order chi connectivity index (χ0) is 17.7. The molecule has 1 aliphatic rings. The van der Waals surface area contributed by atoms with E-state index < -0.39 is 0 Å². The number of aromatic nitrogens is 2. The SMILES string of the molecule is O=C1NC[C@@H](c2c[nH]c3cc(Br)ccc23)N[C@H]1c1c[nH]c2ccccc12. The van der Waals surface area contributed by atoms with E-state index in [1.807, 2.05) is 42.7 Å². The Morgan fingerprint density at radius 1 is 0.923 bits per heavy atom. The second-order valence-electron chi connectivity index (χ2n) is 6.62. The molecular formula is C20H17BrN4O. The molecule has 5 rings (SSSR count). The van der Waals surface area contributed by atoms with Crippen LogP contribution in [-0.2, 0) is 4.79 Å². The molecule has 130 valence electrons. The van der Waals surface area contributed by atoms with Crippen molar-refractivity contribution in [2.24, 2.45) is 0 Å². The Morgan fingerprint density at radius 3 is 2.62 bits per heavy atom. The molecule has 1 fully saturated rings. The normalized spacial score (nSPS) is 20.6. The third kappa shape index (κ3) is 2.45. The molecule has 4 N–H and O–H groups in total. The maximum atomic E-state index is 12.6. The van der Waals surface area contributed by atoms with Crippen molar-refractivity contribution in [3.63, 3.8) is 0 Å². The Kier molecular flexibility index (Phi) is 3.62. The Morgan fingerprint density at radius 2 is 1.69 bits per heavy atom. The van der Waals surface area contributed by atoms with E-state index in [9.17, 15) is 4.79 Å². The molecule has 2 aromatic carbocycles. The fraction of sp³-hybridized carbons (Fsp3) is 0.150. The number of hydrogen-bond acceptors (Lipinski definition) is 2. The van der Waals surface area contributed by atoms with Crippen molar-refractivity contribution in [3.8, 4) is 0 Å². The minimum absolute atomic E-state index is 0.00795. The van der Waals surface area contributed by atoms with Crippen LogP contribution < -0.4 is 10.6 Å². The lowest BCUT2D eigenvalue weighted by molar-refractivity contribution is -0.125. The first-order chi connectivity index (χ1) is 12.7. The van der Waals surface area contributed by atoms with Gasteiger partial charge < -0.3 is 15.3 Å². The molecular weight excluding hydrogens is 392 g/mol. The lowest BCUT2D eigenvalue weighted by atomic mass is 9.98. The van der Waals surface area contributed by atoms with Crippen molar-refractivity contribution in [2.75, 3.05) is 6.54 Å². The Labute approximate surface area is 158 Å². The average Bonchev–Trinajstić information content (AvgIpc) is 3.26. The number of piperazine rings is 1. The van der Waals surface area contributed by atoms with Gasteiger partial charge in [-0.3, -0.25) is 10.1 Å². The number of H-pyrrole nitrogens is 2. The molecule has 1 amide bonds. The van der Waals surface area contributed by atoms with Gasteiger partial charge in [-0.2, -0.15) is 0 Å². The summed E-state index contributed by atoms with van der Waals surface area (Å²) in [7, 11) is 0. The van der Waals surface area contributed by atoms with Gasteiger partial charge in [0, 0.05) is 50.8 Å². The first-order valence-corrected chi connectivity index (χ1v) is 9.36. The van der Waals surface area contributed by atoms with E-state index in [1.54, 1.807) is 0 Å². The van der Waals surface area contributed by atoms with Gasteiger partial charge in [0.2, 0.25) is 5.91 Å². The van der Waals surface area contributed by atoms with E-state index in [0.717, 1.165) is 32.0 Å². The van der Waals surface area contributed by atoms with Crippen LogP contribution in [0.5, 0.6) is 0 Å². The summed E-state index contributed by atoms with van der Waals surface area (Å²) in [5, 5.41) is 8.84. The molecule has 1 saturated heterocycles. The van der Waals surface area contributed by atoms with Crippen molar-refractivity contribution in [1.82, 2.24) is 20.6 Å². The molecule has 2 aromatic heterocycles. The fourth-order valence-electron chi connectivity index (χ4n) is 3.81. The number of carbonyl (C=O) groups excluding carboxylic acids is 1. The summed E-state index contributed by atoms with van der Waals surface area (Å²) >= 11 is 3.51. The van der Waals surface area contributed by atoms with Gasteiger partial charge in [0.15, 0.2) is 0 Å². The minimum atomic E-state index is -0.384. The van der Waals surface area contributed by atoms with Crippen molar-refractivity contribution in [2.45, 2.75) is 12.1 Å². The van der Waals surface area contributed by atoms with Crippen LogP contribution in [0.2, 0.25) is 0 Å². The highest BCUT2D eigenvalue weighted by Crippen LogP contribution is 2.32. The summed E-state index contributed by atoms with van der Waals surface area (Å²) in [6.45, 7) is 0.570. The topological polar surface area (TPSA) is 72.7 Å². The molecule has 3 heterocycles. The third-order valence-electron chi connectivity index (χ3n) is 5.09. The largest absolute Gasteiger partial charge is 0.361 e. The highest BCUT2D eigenvalue weighted by molar-refractivity contribution is 9.10. The molecule has 1 aliphatic heterocycles. The van der Waals surface area contributed by atoms with Crippen molar-refractivity contribution >= 4 is 43.6 Å². The zero-order valence-corrected chi connectivity index (χ0v) is 15.4. The molecule has 0 saturated carbocycles. The molecule has 5 nitrogen and oxygen atoms in total. The molecule has 0 aliphatic carbocycles. The average molecular weight is 409 g/mol. The van der Waals surface area contributed by atoms with Crippen molar-refractivity contribution in [1.29, 1.82) is 0 Å². The summed E-state index contributed by atoms with van der Waals surface area (Å²) in [5.74, 6) is 0.00795. The molecule has 0 bridgehead atoms. The van der Waals surface area contributed by atoms with Crippen molar-refractivity contribution in [3.05, 3.63) is 70.5 Å². The van der Waals surface area contributed by atoms with Gasteiger partial charge in [-0.15, -0.1) is 0 Å². The molecule has 26 heavy (non-hydrogen) atoms. The quantitative estimate of drug-likeness (QED) is 0.405. The number of benzene rings is 2. The van der Waals surface area contributed by atoms with Crippen LogP contribution in [0.4, 0.5) is 0 Å². The number of para-hydroxylation sites is 1. The van der Waals surface area contributed by atoms with Crippen LogP contribution in [0.3, 0.4) is 0 Å². The van der Waals surface area contributed by atoms with Crippen LogP contribution in [0.25, 0.3) is 21.8 Å². The number of hydrogen-bond donors (Lipinski definition) is 4. The number of halogens is 1. The number of amides is 1. The molecule has 4 aromatic rings. The molecule has 2 atom stereocenters. The maximum absolute atomic E-state index is 12.6. The lowest BCUT2D eigenvalue weighted by Gasteiger charge is -2.31. The van der Waals surface area contributed by atoms with Gasteiger partial charge in [-0.25, -0.2) is 0 Å². The van der Waals surface area contributed by atoms with E-state index in [2.05, 4.69) is 48.7 Å². The second-order valence-corrected chi connectivity index (χ2v) is 7.54. The molecule has 0 unspecified atom stereocenters. The Balaban J connectivity index is 1.53. The monoisotopic (exact) mass is 408 g/mol. The summed E-state index contributed by atoms with van der Waals surface area (Å²) in [4.78, 5) is 19.1. The first kappa shape index (κ1) is 15.7. The van der Waals surface area contributed by atoms with Crippen LogP contribution in [-0.4, -0.2) is 22.4 Å². The molecule has 0 spiro atoms. The molecule has 6 heteroatoms. The van der Waals surface area contributed by atoms with E-state index >= 15 is 0 Å². The number of nitrogens with one attached hydrogen (secondary N) is 4. The summed E-state index contributed by atoms with van der Waals surface area (Å²) < 4.78 is 1.04. The van der Waals surface area contributed by atoms with E-state index in [1.165, 1.54) is 5.39 Å². The van der Waals surface area contributed by atoms with Gasteiger partial charge in [0.25, 0.3) is 0 Å². The smallest absolute Gasteiger partial charge is 0.241 e. The number of aromatic amines is 2. The number of carbonyl (C=O) groups is 1. The second kappa shape index (κ2) is 6.00. The Bertz CT molecular complexity index is 1130. The van der Waals surface area contributed by atoms with Crippen molar-refractivity contribution < 1.29 is 4.79 Å². The summed E-state index contributed by atoms with van der Waals surface area (Å²) in [6.07, 6.45) is 3.95. The maximum Gasteiger partial charge on any atom is 0.241 e. The zero-order valence-electron chi connectivity index (χ0n) is 13.8. The summed E-state index contributed by atoms with van der Waals surface area (Å²) in [6, 6.07) is 13.9. The number of fused-ring (bicyclic) bond motifs is 2. The van der Waals surface area contributed by atoms with Crippen LogP contribution in [0, 0.1) is 0 Å². The van der Waals surface area contributed by atoms with Gasteiger partial charge in [-0.05, 0) is 23.8 Å². The highest BCUT2D eigenvalue weighted by atomic mass is 79.9. The Hall–Kier alpha value is -2.57. The van der Waals surface area contributed by atoms with Crippen LogP contribution in [0.15, 0.2) is 59.3 Å². The fourth-order valence-corrected chi connectivity index (χ4v) is 4.17. The standard InChI is InChI=1S/C20H17BrN4O/c21-11-5-6-13-14(8-23-17(13)7-11)18-10-24-20(26)19(25-18)15-9-22-16-4-2-1-3-12(15)16/h1-9,18-19,22-23,25H,10H2,(H,24,26)/t18-,19-/m0/s1. The van der Waals surface area contributed by atoms with Crippen LogP contribution in [0.1, 0.15) is 23.2 Å². The van der Waals surface area contributed by atoms with Gasteiger partial charge >= 0.3 is 0 Å². The van der Waals surface area contributed by atoms with Gasteiger partial charge in [0.1, 0.15) is 6.04 Å². The van der Waals surface area contributed by atoms with E-state index in [-0.39, 0.29) is 18.0 Å². The predicted octanol–water partition coefficient (Wildman–Crippen LogP) is 3.91. The van der Waals surface area contributed by atoms with E-state index in [0.29, 0.717) is 6.54 Å². The first-order valence-electron chi connectivity index (χ1n) is 8.57. The van der Waals surface area contributed by atoms with Crippen LogP contribution >= 0.6 is 15.9 Å². The molecule has 0 radical (unpaired) electrons.